The van der Waals surface area contributed by atoms with E-state index in [0.717, 1.165) is 23.7 Å². The minimum atomic E-state index is -4.41. The number of sulfonamides is 1. The molecule has 0 aromatic carbocycles. The molecule has 2 heterocycles. The second-order valence-electron chi connectivity index (χ2n) is 5.82. The first-order chi connectivity index (χ1) is 11.0. The van der Waals surface area contributed by atoms with Gasteiger partial charge in [0.1, 0.15) is 11.4 Å². The van der Waals surface area contributed by atoms with Crippen molar-refractivity contribution >= 4 is 33.5 Å². The number of amides is 1. The highest BCUT2D eigenvalue weighted by Gasteiger charge is 2.37. The molecular weight excluding hydrogens is 357 g/mol. The van der Waals surface area contributed by atoms with Crippen molar-refractivity contribution in [3.05, 3.63) is 35.1 Å². The van der Waals surface area contributed by atoms with Crippen LogP contribution in [0.15, 0.2) is 28.6 Å². The van der Waals surface area contributed by atoms with Gasteiger partial charge in [0.05, 0.1) is 5.69 Å². The van der Waals surface area contributed by atoms with Crippen LogP contribution in [0.4, 0.5) is 15.0 Å². The van der Waals surface area contributed by atoms with Crippen molar-refractivity contribution in [2.24, 2.45) is 0 Å². The van der Waals surface area contributed by atoms with Crippen molar-refractivity contribution in [2.75, 3.05) is 4.31 Å². The van der Waals surface area contributed by atoms with Gasteiger partial charge in [-0.15, -0.1) is 4.31 Å². The molecule has 0 unspecified atom stereocenters. The molecule has 7 nitrogen and oxygen atoms in total. The summed E-state index contributed by atoms with van der Waals surface area (Å²) in [6.07, 6.45) is -1.11. The summed E-state index contributed by atoms with van der Waals surface area (Å²) >= 11 is 0.976. The lowest BCUT2D eigenvalue weighted by atomic mass is 10.2. The maximum atomic E-state index is 13.4. The van der Waals surface area contributed by atoms with Crippen molar-refractivity contribution in [1.82, 2.24) is 9.36 Å². The fraction of sp³-hybridized carbons (Fsp3) is 0.357. The van der Waals surface area contributed by atoms with Gasteiger partial charge in [0, 0.05) is 5.38 Å². The summed E-state index contributed by atoms with van der Waals surface area (Å²) in [5, 5.41) is 1.05. The zero-order valence-electron chi connectivity index (χ0n) is 13.5. The summed E-state index contributed by atoms with van der Waals surface area (Å²) in [6, 6.07) is 3.33. The summed E-state index contributed by atoms with van der Waals surface area (Å²) in [7, 11) is -4.41. The number of hydrogen-bond donors (Lipinski definition) is 0. The van der Waals surface area contributed by atoms with Crippen LogP contribution in [0, 0.1) is 12.7 Å². The molecule has 0 spiro atoms. The van der Waals surface area contributed by atoms with Gasteiger partial charge in [-0.25, -0.2) is 14.2 Å². The molecule has 2 rings (SSSR count). The molecule has 0 saturated carbocycles. The van der Waals surface area contributed by atoms with Crippen molar-refractivity contribution in [3.63, 3.8) is 0 Å². The Labute approximate surface area is 143 Å². The fourth-order valence-electron chi connectivity index (χ4n) is 1.69. The lowest BCUT2D eigenvalue weighted by molar-refractivity contribution is 0.0608. The van der Waals surface area contributed by atoms with Crippen LogP contribution in [0.2, 0.25) is 0 Å². The van der Waals surface area contributed by atoms with Crippen molar-refractivity contribution in [1.29, 1.82) is 0 Å². The van der Waals surface area contributed by atoms with Crippen LogP contribution >= 0.6 is 11.5 Å². The maximum Gasteiger partial charge on any atom is 0.430 e. The van der Waals surface area contributed by atoms with E-state index >= 15 is 0 Å². The van der Waals surface area contributed by atoms with E-state index < -0.39 is 32.6 Å². The molecule has 10 heteroatoms. The van der Waals surface area contributed by atoms with Gasteiger partial charge in [0.2, 0.25) is 0 Å². The summed E-state index contributed by atoms with van der Waals surface area (Å²) < 4.78 is 48.5. The van der Waals surface area contributed by atoms with E-state index in [2.05, 4.69) is 9.36 Å². The Morgan fingerprint density at radius 1 is 1.29 bits per heavy atom. The molecule has 24 heavy (non-hydrogen) atoms. The third-order valence-corrected chi connectivity index (χ3v) is 4.82. The normalized spacial score (nSPS) is 12.0. The van der Waals surface area contributed by atoms with Crippen molar-refractivity contribution in [2.45, 2.75) is 38.3 Å². The van der Waals surface area contributed by atoms with E-state index in [-0.39, 0.29) is 11.5 Å². The minimum absolute atomic E-state index is 0.0986. The molecule has 0 N–H and O–H groups in total. The molecule has 0 saturated heterocycles. The third-order valence-electron chi connectivity index (χ3n) is 2.69. The second kappa shape index (κ2) is 6.44. The first-order valence-corrected chi connectivity index (χ1v) is 9.12. The summed E-state index contributed by atoms with van der Waals surface area (Å²) in [6.45, 7) is 6.15. The van der Waals surface area contributed by atoms with Gasteiger partial charge in [-0.1, -0.05) is 0 Å². The lowest BCUT2D eigenvalue weighted by Crippen LogP contribution is -2.41. The van der Waals surface area contributed by atoms with Crippen LogP contribution in [0.3, 0.4) is 0 Å². The number of rotatable bonds is 3. The Bertz CT molecular complexity index is 845. The molecular formula is C14H16FN3O4S2. The quantitative estimate of drug-likeness (QED) is 0.821. The predicted octanol–water partition coefficient (Wildman–Crippen LogP) is 3.12. The highest BCUT2D eigenvalue weighted by atomic mass is 32.2. The van der Waals surface area contributed by atoms with E-state index in [1.807, 2.05) is 0 Å². The number of hydrogen-bond acceptors (Lipinski definition) is 7. The summed E-state index contributed by atoms with van der Waals surface area (Å²) in [5.41, 5.74) is -1.01. The molecule has 0 bridgehead atoms. The second-order valence-corrected chi connectivity index (χ2v) is 8.22. The Morgan fingerprint density at radius 3 is 2.46 bits per heavy atom. The highest BCUT2D eigenvalue weighted by molar-refractivity contribution is 7.93. The molecule has 130 valence electrons. The Morgan fingerprint density at radius 2 is 1.96 bits per heavy atom. The lowest BCUT2D eigenvalue weighted by Gasteiger charge is -2.25. The predicted molar refractivity (Wildman–Crippen MR) is 86.9 cm³/mol. The van der Waals surface area contributed by atoms with Crippen LogP contribution in [0.25, 0.3) is 0 Å². The van der Waals surface area contributed by atoms with Gasteiger partial charge < -0.3 is 4.74 Å². The van der Waals surface area contributed by atoms with E-state index in [1.54, 1.807) is 20.8 Å². The summed E-state index contributed by atoms with van der Waals surface area (Å²) in [5.74, 6) is -0.760. The van der Waals surface area contributed by atoms with Gasteiger partial charge in [-0.2, -0.15) is 12.8 Å². The number of anilines is 1. The molecule has 0 aliphatic heterocycles. The SMILES string of the molecule is Cc1nc(S(=O)(=O)N(C(=O)OC(C)(C)C)c2ccsn2)ccc1F. The third kappa shape index (κ3) is 3.88. The zero-order valence-corrected chi connectivity index (χ0v) is 15.1. The topological polar surface area (TPSA) is 89.5 Å². The molecule has 2 aromatic rings. The van der Waals surface area contributed by atoms with E-state index in [9.17, 15) is 17.6 Å². The molecule has 1 amide bonds. The van der Waals surface area contributed by atoms with Crippen LogP contribution in [0.5, 0.6) is 0 Å². The van der Waals surface area contributed by atoms with Gasteiger partial charge in [0.15, 0.2) is 10.8 Å². The van der Waals surface area contributed by atoms with E-state index in [0.29, 0.717) is 4.31 Å². The average Bonchev–Trinajstić information content (AvgIpc) is 2.93. The molecule has 0 aliphatic carbocycles. The van der Waals surface area contributed by atoms with Crippen LogP contribution in [-0.2, 0) is 14.8 Å². The van der Waals surface area contributed by atoms with E-state index in [1.165, 1.54) is 18.4 Å². The van der Waals surface area contributed by atoms with Gasteiger partial charge >= 0.3 is 6.09 Å². The number of ether oxygens (including phenoxy) is 1. The average molecular weight is 373 g/mol. The van der Waals surface area contributed by atoms with Crippen LogP contribution in [0.1, 0.15) is 26.5 Å². The zero-order chi connectivity index (χ0) is 18.1. The molecule has 2 aromatic heterocycles. The number of aryl methyl sites for hydroxylation is 1. The number of halogens is 1. The standard InChI is InChI=1S/C14H16FN3O4S2/c1-9-10(15)5-6-12(16-9)24(20,21)18(11-7-8-23-17-11)13(19)22-14(2,3)4/h5-8H,1-4H3. The molecule has 0 aliphatic rings. The smallest absolute Gasteiger partial charge is 0.430 e. The van der Waals surface area contributed by atoms with Crippen LogP contribution < -0.4 is 4.31 Å². The molecule has 0 fully saturated rings. The van der Waals surface area contributed by atoms with Crippen molar-refractivity contribution in [3.8, 4) is 0 Å². The number of aromatic nitrogens is 2. The number of carbonyl (C=O) groups is 1. The number of pyridine rings is 1. The highest BCUT2D eigenvalue weighted by Crippen LogP contribution is 2.25. The van der Waals surface area contributed by atoms with Gasteiger partial charge in [-0.05, 0) is 57.4 Å². The number of carbonyl (C=O) groups excluding carboxylic acids is 1. The first-order valence-electron chi connectivity index (χ1n) is 6.84. The fourth-order valence-corrected chi connectivity index (χ4v) is 3.49. The van der Waals surface area contributed by atoms with Crippen LogP contribution in [-0.4, -0.2) is 29.5 Å². The van der Waals surface area contributed by atoms with E-state index in [4.69, 9.17) is 4.74 Å². The van der Waals surface area contributed by atoms with Crippen molar-refractivity contribution < 1.29 is 22.3 Å². The van der Waals surface area contributed by atoms with Gasteiger partial charge in [-0.3, -0.25) is 0 Å². The minimum Gasteiger partial charge on any atom is -0.443 e. The monoisotopic (exact) mass is 373 g/mol. The summed E-state index contributed by atoms with van der Waals surface area (Å²) in [4.78, 5) is 16.1. The molecule has 0 atom stereocenters. The van der Waals surface area contributed by atoms with Gasteiger partial charge in [0.25, 0.3) is 10.0 Å². The maximum absolute atomic E-state index is 13.4. The first kappa shape index (κ1) is 18.3. The Kier molecular flexibility index (Phi) is 4.90. The largest absolute Gasteiger partial charge is 0.443 e. The Balaban J connectivity index is 2.53. The Hall–Kier alpha value is -2.07. The molecule has 0 radical (unpaired) electrons. The number of nitrogens with zero attached hydrogens (tertiary/aromatic N) is 3.